The Morgan fingerprint density at radius 1 is 1.21 bits per heavy atom. The Morgan fingerprint density at radius 2 is 2.03 bits per heavy atom. The molecule has 148 valence electrons. The fourth-order valence-electron chi connectivity index (χ4n) is 2.92. The number of benzene rings is 2. The molecule has 9 heteroatoms. The van der Waals surface area contributed by atoms with Gasteiger partial charge in [0, 0.05) is 10.4 Å². The maximum Gasteiger partial charge on any atom is 0.325 e. The number of para-hydroxylation sites is 1. The van der Waals surface area contributed by atoms with Crippen LogP contribution in [0.25, 0.3) is 21.2 Å². The largest absolute Gasteiger partial charge is 0.493 e. The summed E-state index contributed by atoms with van der Waals surface area (Å²) in [5.41, 5.74) is 1.20. The van der Waals surface area contributed by atoms with Crippen LogP contribution in [0, 0.1) is 0 Å². The monoisotopic (exact) mass is 430 g/mol. The summed E-state index contributed by atoms with van der Waals surface area (Å²) in [4.78, 5) is 29.2. The molecule has 0 bridgehead atoms. The van der Waals surface area contributed by atoms with Gasteiger partial charge in [0.1, 0.15) is 6.54 Å². The minimum atomic E-state index is -0.570. The molecule has 0 saturated carbocycles. The molecular formula is C20H15ClN2O5S. The summed E-state index contributed by atoms with van der Waals surface area (Å²) < 4.78 is 18.1. The molecule has 0 aliphatic rings. The van der Waals surface area contributed by atoms with Crippen molar-refractivity contribution < 1.29 is 23.5 Å². The van der Waals surface area contributed by atoms with E-state index in [4.69, 9.17) is 25.5 Å². The van der Waals surface area contributed by atoms with Crippen LogP contribution in [0.1, 0.15) is 10.6 Å². The Balaban J connectivity index is 1.83. The van der Waals surface area contributed by atoms with E-state index in [1.165, 1.54) is 25.6 Å². The van der Waals surface area contributed by atoms with Gasteiger partial charge in [-0.2, -0.15) is 4.99 Å². The van der Waals surface area contributed by atoms with Crippen LogP contribution in [0.3, 0.4) is 0 Å². The first-order valence-electron chi connectivity index (χ1n) is 8.51. The highest BCUT2D eigenvalue weighted by Crippen LogP contribution is 2.29. The van der Waals surface area contributed by atoms with Crippen LogP contribution >= 0.6 is 22.9 Å². The molecule has 2 heterocycles. The summed E-state index contributed by atoms with van der Waals surface area (Å²) in [5.74, 6) is -0.426. The number of rotatable bonds is 4. The van der Waals surface area contributed by atoms with Gasteiger partial charge in [-0.15, -0.1) is 0 Å². The smallest absolute Gasteiger partial charge is 0.325 e. The van der Waals surface area contributed by atoms with E-state index in [0.29, 0.717) is 21.2 Å². The van der Waals surface area contributed by atoms with E-state index in [1.54, 1.807) is 34.9 Å². The van der Waals surface area contributed by atoms with Gasteiger partial charge in [-0.25, -0.2) is 0 Å². The van der Waals surface area contributed by atoms with Gasteiger partial charge in [-0.3, -0.25) is 9.59 Å². The summed E-state index contributed by atoms with van der Waals surface area (Å²) in [7, 11) is 2.83. The van der Waals surface area contributed by atoms with Crippen molar-refractivity contribution in [2.24, 2.45) is 4.99 Å². The van der Waals surface area contributed by atoms with E-state index >= 15 is 0 Å². The molecule has 4 aromatic rings. The topological polar surface area (TPSA) is 83.0 Å². The van der Waals surface area contributed by atoms with Crippen molar-refractivity contribution in [3.8, 4) is 5.75 Å². The quantitative estimate of drug-likeness (QED) is 0.456. The van der Waals surface area contributed by atoms with Gasteiger partial charge >= 0.3 is 11.9 Å². The second-order valence-corrected chi connectivity index (χ2v) is 7.51. The third-order valence-electron chi connectivity index (χ3n) is 4.30. The number of fused-ring (bicyclic) bond motifs is 2. The minimum Gasteiger partial charge on any atom is -0.493 e. The predicted octanol–water partition coefficient (Wildman–Crippen LogP) is 4.03. The highest BCUT2D eigenvalue weighted by Gasteiger charge is 2.16. The third-order valence-corrected chi connectivity index (χ3v) is 5.57. The second kappa shape index (κ2) is 7.73. The molecule has 29 heavy (non-hydrogen) atoms. The maximum absolute atomic E-state index is 12.8. The van der Waals surface area contributed by atoms with E-state index in [9.17, 15) is 9.59 Å². The first kappa shape index (κ1) is 19.2. The number of ether oxygens (including phenoxy) is 2. The normalized spacial score (nSPS) is 11.9. The Labute approximate surface area is 173 Å². The number of amides is 1. The molecule has 2 aromatic heterocycles. The molecule has 0 N–H and O–H groups in total. The van der Waals surface area contributed by atoms with Crippen LogP contribution in [-0.4, -0.2) is 30.7 Å². The van der Waals surface area contributed by atoms with E-state index in [1.807, 2.05) is 12.1 Å². The molecule has 4 rings (SSSR count). The lowest BCUT2D eigenvalue weighted by Gasteiger charge is -2.03. The zero-order valence-electron chi connectivity index (χ0n) is 15.5. The number of esters is 1. The van der Waals surface area contributed by atoms with Gasteiger partial charge in [-0.05, 0) is 30.3 Å². The molecule has 0 radical (unpaired) electrons. The first-order chi connectivity index (χ1) is 14.0. The molecule has 0 aliphatic carbocycles. The number of thiazole rings is 1. The highest BCUT2D eigenvalue weighted by molar-refractivity contribution is 7.16. The Bertz CT molecular complexity index is 1320. The number of carbonyl (C=O) groups excluding carboxylic acids is 2. The van der Waals surface area contributed by atoms with E-state index in [-0.39, 0.29) is 12.3 Å². The van der Waals surface area contributed by atoms with Gasteiger partial charge < -0.3 is 18.5 Å². The third kappa shape index (κ3) is 3.64. The van der Waals surface area contributed by atoms with Gasteiger partial charge in [0.15, 0.2) is 21.9 Å². The van der Waals surface area contributed by atoms with Crippen molar-refractivity contribution in [2.75, 3.05) is 14.2 Å². The molecule has 1 amide bonds. The summed E-state index contributed by atoms with van der Waals surface area (Å²) in [6, 6.07) is 12.2. The molecule has 0 spiro atoms. The van der Waals surface area contributed by atoms with Crippen LogP contribution in [0.15, 0.2) is 51.9 Å². The number of nitrogens with zero attached hydrogens (tertiary/aromatic N) is 2. The number of aromatic nitrogens is 1. The lowest BCUT2D eigenvalue weighted by molar-refractivity contribution is -0.141. The predicted molar refractivity (Wildman–Crippen MR) is 110 cm³/mol. The standard InChI is InChI=1S/C20H15ClN2O5S/c1-26-14-5-3-4-11-8-15(28-18(11)14)19(25)22-20-23(10-17(24)27-2)13-7-6-12(21)9-16(13)29-20/h3-9H,10H2,1-2H3. The van der Waals surface area contributed by atoms with Crippen LogP contribution in [0.4, 0.5) is 0 Å². The molecule has 7 nitrogen and oxygen atoms in total. The number of halogens is 1. The van der Waals surface area contributed by atoms with Gasteiger partial charge in [0.05, 0.1) is 24.4 Å². The number of hydrogen-bond donors (Lipinski definition) is 0. The summed E-state index contributed by atoms with van der Waals surface area (Å²) in [6.07, 6.45) is 0. The second-order valence-electron chi connectivity index (χ2n) is 6.07. The average Bonchev–Trinajstić information content (AvgIpc) is 3.29. The van der Waals surface area contributed by atoms with Crippen LogP contribution in [-0.2, 0) is 16.1 Å². The van der Waals surface area contributed by atoms with Crippen molar-refractivity contribution in [2.45, 2.75) is 6.54 Å². The Morgan fingerprint density at radius 3 is 2.79 bits per heavy atom. The van der Waals surface area contributed by atoms with Crippen molar-refractivity contribution in [1.29, 1.82) is 0 Å². The molecule has 0 saturated heterocycles. The van der Waals surface area contributed by atoms with Gasteiger partial charge in [-0.1, -0.05) is 35.1 Å². The van der Waals surface area contributed by atoms with Crippen LogP contribution in [0.2, 0.25) is 5.02 Å². The van der Waals surface area contributed by atoms with Gasteiger partial charge in [0.25, 0.3) is 0 Å². The summed E-state index contributed by atoms with van der Waals surface area (Å²) in [5, 5.41) is 1.28. The number of carbonyl (C=O) groups is 2. The molecular weight excluding hydrogens is 416 g/mol. The van der Waals surface area contributed by atoms with Crippen molar-refractivity contribution in [3.05, 3.63) is 58.0 Å². The Hall–Kier alpha value is -3.10. The zero-order valence-corrected chi connectivity index (χ0v) is 17.0. The summed E-state index contributed by atoms with van der Waals surface area (Å²) >= 11 is 7.31. The van der Waals surface area contributed by atoms with Crippen molar-refractivity contribution >= 4 is 56.0 Å². The molecule has 0 aliphatic heterocycles. The van der Waals surface area contributed by atoms with E-state index < -0.39 is 11.9 Å². The van der Waals surface area contributed by atoms with Crippen molar-refractivity contribution in [1.82, 2.24) is 4.57 Å². The lowest BCUT2D eigenvalue weighted by atomic mass is 10.2. The van der Waals surface area contributed by atoms with E-state index in [0.717, 1.165) is 15.6 Å². The molecule has 0 atom stereocenters. The fourth-order valence-corrected chi connectivity index (χ4v) is 4.23. The first-order valence-corrected chi connectivity index (χ1v) is 9.71. The lowest BCUT2D eigenvalue weighted by Crippen LogP contribution is -2.22. The van der Waals surface area contributed by atoms with Gasteiger partial charge in [0.2, 0.25) is 0 Å². The minimum absolute atomic E-state index is 0.0737. The van der Waals surface area contributed by atoms with Crippen LogP contribution in [0.5, 0.6) is 5.75 Å². The molecule has 0 fully saturated rings. The van der Waals surface area contributed by atoms with Crippen LogP contribution < -0.4 is 9.54 Å². The number of furan rings is 1. The number of methoxy groups -OCH3 is 2. The summed E-state index contributed by atoms with van der Waals surface area (Å²) in [6.45, 7) is -0.0851. The zero-order chi connectivity index (χ0) is 20.5. The molecule has 2 aromatic carbocycles. The maximum atomic E-state index is 12.8. The number of hydrogen-bond acceptors (Lipinski definition) is 6. The SMILES string of the molecule is COC(=O)Cn1c(=NC(=O)c2cc3cccc(OC)c3o2)sc2cc(Cl)ccc21. The highest BCUT2D eigenvalue weighted by atomic mass is 35.5. The Kier molecular flexibility index (Phi) is 5.12. The molecule has 0 unspecified atom stereocenters. The fraction of sp³-hybridized carbons (Fsp3) is 0.150. The van der Waals surface area contributed by atoms with Crippen molar-refractivity contribution in [3.63, 3.8) is 0 Å². The average molecular weight is 431 g/mol. The van der Waals surface area contributed by atoms with E-state index in [2.05, 4.69) is 4.99 Å².